The molecule has 0 aliphatic heterocycles. The quantitative estimate of drug-likeness (QED) is 0.268. The zero-order chi connectivity index (χ0) is 22.3. The summed E-state index contributed by atoms with van der Waals surface area (Å²) in [4.78, 5) is 27.1. The third-order valence-electron chi connectivity index (χ3n) is 2.24. The van der Waals surface area contributed by atoms with Crippen LogP contribution in [0, 0.1) is 11.3 Å². The molecule has 0 fully saturated rings. The summed E-state index contributed by atoms with van der Waals surface area (Å²) in [5, 5.41) is 11.9. The van der Waals surface area contributed by atoms with Crippen LogP contribution in [0.15, 0.2) is 0 Å². The van der Waals surface area contributed by atoms with Gasteiger partial charge in [0, 0.05) is 48.7 Å². The predicted molar refractivity (Wildman–Crippen MR) is 102 cm³/mol. The Labute approximate surface area is 161 Å². The first-order valence-corrected chi connectivity index (χ1v) is 9.84. The average molecular weight is 398 g/mol. The van der Waals surface area contributed by atoms with Crippen molar-refractivity contribution in [2.45, 2.75) is 32.6 Å². The first-order chi connectivity index (χ1) is 13.6. The highest BCUT2D eigenvalue weighted by Gasteiger charge is 2.00. The van der Waals surface area contributed by atoms with E-state index in [-0.39, 0.29) is 0 Å². The molecule has 0 saturated carbocycles. The second-order valence-corrected chi connectivity index (χ2v) is 6.04. The molecule has 0 aromatic rings. The molecule has 154 valence electrons. The molecule has 1 unspecified atom stereocenters. The van der Waals surface area contributed by atoms with Crippen molar-refractivity contribution in [3.63, 3.8) is 0 Å². The van der Waals surface area contributed by atoms with Crippen molar-refractivity contribution >= 4 is 27.5 Å². The lowest BCUT2D eigenvalue weighted by Gasteiger charge is -2.11. The number of nitriles is 1. The Morgan fingerprint density at radius 2 is 1.77 bits per heavy atom. The van der Waals surface area contributed by atoms with E-state index in [9.17, 15) is 9.59 Å². The zero-order valence-corrected chi connectivity index (χ0v) is 16.8. The van der Waals surface area contributed by atoms with E-state index in [0.29, 0.717) is 65.6 Å². The van der Waals surface area contributed by atoms with Gasteiger partial charge in [-0.25, -0.2) is 0 Å². The molecule has 0 amide bonds. The van der Waals surface area contributed by atoms with Crippen molar-refractivity contribution in [2.75, 3.05) is 53.0 Å². The van der Waals surface area contributed by atoms with Gasteiger partial charge in [-0.05, 0) is 20.0 Å². The molecule has 0 aromatic carbocycles. The van der Waals surface area contributed by atoms with Crippen LogP contribution in [-0.2, 0) is 28.4 Å². The van der Waals surface area contributed by atoms with Gasteiger partial charge in [-0.1, -0.05) is 0 Å². The van der Waals surface area contributed by atoms with E-state index in [0.717, 1.165) is 18.7 Å². The Hall–Kier alpha value is -1.23. The number of carbonyl (C=O) groups is 3. The number of hydrogen-bond donors (Lipinski definition) is 1. The van der Waals surface area contributed by atoms with Gasteiger partial charge in [0.05, 0.1) is 32.5 Å². The van der Waals surface area contributed by atoms with Crippen LogP contribution in [0.1, 0.15) is 34.0 Å². The van der Waals surface area contributed by atoms with E-state index >= 15 is 0 Å². The van der Waals surface area contributed by atoms with Crippen molar-refractivity contribution in [3.8, 4) is 6.07 Å². The minimum Gasteiger partial charge on any atom is -0.400 e. The number of nitrogens with zero attached hydrogens (tertiary/aromatic N) is 1. The number of aliphatic hydroxyl groups excluding tert-OH is 1. The van der Waals surface area contributed by atoms with Crippen LogP contribution in [0.3, 0.4) is 0 Å². The lowest BCUT2D eigenvalue weighted by Crippen LogP contribution is -2.08. The molecular weight excluding hydrogens is 361 g/mol. The number of aliphatic hydroxyl groups is 1. The van der Waals surface area contributed by atoms with Crippen LogP contribution >= 0.6 is 8.15 Å². The molecule has 0 spiro atoms. The van der Waals surface area contributed by atoms with Crippen LogP contribution in [0.2, 0.25) is 0 Å². The molecule has 0 rings (SSSR count). The fourth-order valence-electron chi connectivity index (χ4n) is 1.13. The molecule has 0 radical (unpaired) electrons. The second kappa shape index (κ2) is 39.0. The molecule has 0 saturated heterocycles. The Morgan fingerprint density at radius 1 is 1.23 bits per heavy atom. The van der Waals surface area contributed by atoms with Gasteiger partial charge in [0.1, 0.15) is 19.4 Å². The summed E-state index contributed by atoms with van der Waals surface area (Å²) >= 11 is 0. The molecule has 0 heterocycles. The number of aldehydes is 2. The standard InChI is InChI=1S/C10H20NO3P.C5H8O2.CH4O.CH2O/c1-3-12-6-7-13-8-9-14-15(2)10-4-5-11;6-4-2-1-3-5-7;2*1-2/h3-4,6-10H2,1-2H3;4-5H,1-3H2;2H,1H3;1H2/i1D;;2T;. The Morgan fingerprint density at radius 3 is 2.27 bits per heavy atom. The highest BCUT2D eigenvalue weighted by Crippen LogP contribution is 2.31. The molecular formula is C17H34NO7P. The highest BCUT2D eigenvalue weighted by atomic mass is 31.1. The second-order valence-electron chi connectivity index (χ2n) is 4.08. The van der Waals surface area contributed by atoms with E-state index < -0.39 is 8.15 Å². The van der Waals surface area contributed by atoms with Gasteiger partial charge >= 0.3 is 0 Å². The molecule has 26 heavy (non-hydrogen) atoms. The van der Waals surface area contributed by atoms with Gasteiger partial charge in [0.2, 0.25) is 1.43 Å². The summed E-state index contributed by atoms with van der Waals surface area (Å²) in [5.41, 5.74) is 0. The number of unbranched alkanes of at least 4 members (excludes halogenated alkanes) is 2. The Balaban J connectivity index is -0.000000199. The maximum Gasteiger partial charge on any atom is 0.210 e. The predicted octanol–water partition coefficient (Wildman–Crippen LogP) is 1.97. The third kappa shape index (κ3) is 43.4. The van der Waals surface area contributed by atoms with Crippen molar-refractivity contribution in [1.82, 2.24) is 0 Å². The van der Waals surface area contributed by atoms with Gasteiger partial charge < -0.3 is 33.5 Å². The Kier molecular flexibility index (Phi) is 40.5. The minimum atomic E-state index is -0.475. The maximum atomic E-state index is 9.56. The summed E-state index contributed by atoms with van der Waals surface area (Å²) in [6.45, 7) is 6.99. The van der Waals surface area contributed by atoms with Gasteiger partial charge in [-0.3, -0.25) is 0 Å². The third-order valence-corrected chi connectivity index (χ3v) is 3.71. The summed E-state index contributed by atoms with van der Waals surface area (Å²) in [6, 6.07) is 2.10. The van der Waals surface area contributed by atoms with Crippen molar-refractivity contribution in [1.29, 1.82) is 6.69 Å². The molecule has 9 heteroatoms. The largest absolute Gasteiger partial charge is 0.400 e. The Bertz CT molecular complexity index is 329. The normalized spacial score (nSPS) is 10.7. The first kappa shape index (κ1) is 27.0. The number of rotatable bonds is 14. The molecule has 0 aromatic heterocycles. The van der Waals surface area contributed by atoms with Crippen LogP contribution in [0.25, 0.3) is 0 Å². The summed E-state index contributed by atoms with van der Waals surface area (Å²) in [5.74, 6) is 0. The van der Waals surface area contributed by atoms with Crippen molar-refractivity contribution < 1.29 is 34.9 Å². The summed E-state index contributed by atoms with van der Waals surface area (Å²) in [6.07, 6.45) is 4.76. The molecule has 0 aliphatic carbocycles. The smallest absolute Gasteiger partial charge is 0.210 e. The molecule has 8 nitrogen and oxygen atoms in total. The van der Waals surface area contributed by atoms with Crippen LogP contribution < -0.4 is 0 Å². The molecule has 0 aliphatic rings. The molecule has 0 bridgehead atoms. The topological polar surface area (TPSA) is 123 Å². The molecule has 1 N–H and O–H groups in total. The summed E-state index contributed by atoms with van der Waals surface area (Å²) in [7, 11) is 0.816. The zero-order valence-electron chi connectivity index (χ0n) is 17.9. The highest BCUT2D eigenvalue weighted by molar-refractivity contribution is 7.51. The van der Waals surface area contributed by atoms with Gasteiger partial charge in [-0.15, -0.1) is 0 Å². The van der Waals surface area contributed by atoms with Crippen molar-refractivity contribution in [2.24, 2.45) is 0 Å². The average Bonchev–Trinajstić information content (AvgIpc) is 2.71. The first-order valence-electron chi connectivity index (χ1n) is 9.07. The van der Waals surface area contributed by atoms with Crippen LogP contribution in [0.5, 0.6) is 0 Å². The lowest BCUT2D eigenvalue weighted by atomic mass is 10.3. The van der Waals surface area contributed by atoms with Crippen molar-refractivity contribution in [3.05, 3.63) is 0 Å². The number of hydrogen-bond acceptors (Lipinski definition) is 8. The van der Waals surface area contributed by atoms with E-state index in [2.05, 4.69) is 11.2 Å². The van der Waals surface area contributed by atoms with Gasteiger partial charge in [-0.2, -0.15) is 5.26 Å². The van der Waals surface area contributed by atoms with Gasteiger partial charge in [0.25, 0.3) is 0 Å². The SMILES string of the molecule is C=O.O=CCCCC=O.[2H]CCOCCOCCOP(C)CCC#N.[3H]OC. The summed E-state index contributed by atoms with van der Waals surface area (Å²) < 4.78 is 28.4. The number of carbonyl (C=O) groups excluding carboxylic acids is 3. The molecule has 1 atom stereocenters. The van der Waals surface area contributed by atoms with E-state index in [4.69, 9.17) is 26.9 Å². The monoisotopic (exact) mass is 398 g/mol. The minimum absolute atomic E-state index is 0.294. The van der Waals surface area contributed by atoms with E-state index in [1.807, 2.05) is 13.5 Å². The number of ether oxygens (including phenoxy) is 2. The fraction of sp³-hybridized carbons (Fsp3) is 0.765. The van der Waals surface area contributed by atoms with E-state index in [1.54, 1.807) is 0 Å². The fourth-order valence-corrected chi connectivity index (χ4v) is 2.06. The van der Waals surface area contributed by atoms with Crippen LogP contribution in [0.4, 0.5) is 0 Å². The van der Waals surface area contributed by atoms with E-state index in [1.165, 1.54) is 7.11 Å². The van der Waals surface area contributed by atoms with Crippen LogP contribution in [-0.4, -0.2) is 78.9 Å². The van der Waals surface area contributed by atoms with Gasteiger partial charge in [0.15, 0.2) is 0 Å². The maximum absolute atomic E-state index is 9.56. The lowest BCUT2D eigenvalue weighted by molar-refractivity contribution is -0.109.